The van der Waals surface area contributed by atoms with Crippen molar-refractivity contribution in [3.05, 3.63) is 54.6 Å². The van der Waals surface area contributed by atoms with Crippen molar-refractivity contribution in [1.82, 2.24) is 4.31 Å². The summed E-state index contributed by atoms with van der Waals surface area (Å²) >= 11 is 0. The predicted octanol–water partition coefficient (Wildman–Crippen LogP) is 2.96. The monoisotopic (exact) mass is 346 g/mol. The van der Waals surface area contributed by atoms with E-state index >= 15 is 0 Å². The highest BCUT2D eigenvalue weighted by atomic mass is 32.2. The molecule has 0 spiro atoms. The Labute approximate surface area is 143 Å². The van der Waals surface area contributed by atoms with Gasteiger partial charge in [-0.1, -0.05) is 18.2 Å². The SMILES string of the molecule is COc1ccc(S(=O)(=O)N2CCC[C@@H](Nc3ccccc3)C2)cc1. The van der Waals surface area contributed by atoms with Gasteiger partial charge in [-0.3, -0.25) is 0 Å². The summed E-state index contributed by atoms with van der Waals surface area (Å²) in [5, 5.41) is 3.43. The molecule has 6 heteroatoms. The Kier molecular flexibility index (Phi) is 5.06. The van der Waals surface area contributed by atoms with Crippen molar-refractivity contribution >= 4 is 15.7 Å². The molecule has 2 aromatic carbocycles. The molecule has 2 aromatic rings. The average molecular weight is 346 g/mol. The Morgan fingerprint density at radius 3 is 2.46 bits per heavy atom. The van der Waals surface area contributed by atoms with Crippen LogP contribution in [0.3, 0.4) is 0 Å². The highest BCUT2D eigenvalue weighted by molar-refractivity contribution is 7.89. The Bertz CT molecular complexity index is 761. The number of para-hydroxylation sites is 1. The lowest BCUT2D eigenvalue weighted by molar-refractivity contribution is 0.327. The number of anilines is 1. The van der Waals surface area contributed by atoms with Crippen LogP contribution in [0.4, 0.5) is 5.69 Å². The van der Waals surface area contributed by atoms with Crippen LogP contribution in [0.2, 0.25) is 0 Å². The highest BCUT2D eigenvalue weighted by Gasteiger charge is 2.30. The minimum Gasteiger partial charge on any atom is -0.497 e. The summed E-state index contributed by atoms with van der Waals surface area (Å²) in [5.74, 6) is 0.649. The Hall–Kier alpha value is -2.05. The number of nitrogens with zero attached hydrogens (tertiary/aromatic N) is 1. The zero-order valence-electron chi connectivity index (χ0n) is 13.7. The third kappa shape index (κ3) is 3.71. The lowest BCUT2D eigenvalue weighted by Gasteiger charge is -2.33. The molecule has 1 saturated heterocycles. The summed E-state index contributed by atoms with van der Waals surface area (Å²) in [7, 11) is -1.91. The second-order valence-corrected chi connectivity index (χ2v) is 7.83. The molecule has 0 bridgehead atoms. The predicted molar refractivity (Wildman–Crippen MR) is 94.8 cm³/mol. The van der Waals surface area contributed by atoms with Crippen molar-refractivity contribution in [3.63, 3.8) is 0 Å². The quantitative estimate of drug-likeness (QED) is 0.904. The molecule has 1 heterocycles. The molecule has 0 saturated carbocycles. The molecular weight excluding hydrogens is 324 g/mol. The number of hydrogen-bond donors (Lipinski definition) is 1. The van der Waals surface area contributed by atoms with E-state index in [2.05, 4.69) is 5.32 Å². The molecule has 0 amide bonds. The lowest BCUT2D eigenvalue weighted by atomic mass is 10.1. The van der Waals surface area contributed by atoms with Crippen LogP contribution in [0.25, 0.3) is 0 Å². The third-order valence-electron chi connectivity index (χ3n) is 4.23. The number of ether oxygens (including phenoxy) is 1. The van der Waals surface area contributed by atoms with Crippen molar-refractivity contribution in [3.8, 4) is 5.75 Å². The van der Waals surface area contributed by atoms with E-state index in [4.69, 9.17) is 4.74 Å². The topological polar surface area (TPSA) is 58.6 Å². The van der Waals surface area contributed by atoms with Crippen LogP contribution in [0.5, 0.6) is 5.75 Å². The molecule has 1 atom stereocenters. The van der Waals surface area contributed by atoms with Crippen LogP contribution in [0.15, 0.2) is 59.5 Å². The van der Waals surface area contributed by atoms with Gasteiger partial charge in [-0.05, 0) is 49.2 Å². The van der Waals surface area contributed by atoms with Crippen molar-refractivity contribution in [2.24, 2.45) is 0 Å². The maximum atomic E-state index is 12.8. The summed E-state index contributed by atoms with van der Waals surface area (Å²) in [5.41, 5.74) is 1.02. The fraction of sp³-hybridized carbons (Fsp3) is 0.333. The van der Waals surface area contributed by atoms with Gasteiger partial charge in [-0.25, -0.2) is 8.42 Å². The van der Waals surface area contributed by atoms with Gasteiger partial charge in [0.15, 0.2) is 0 Å². The first-order valence-electron chi connectivity index (χ1n) is 8.05. The van der Waals surface area contributed by atoms with Crippen molar-refractivity contribution in [2.75, 3.05) is 25.5 Å². The molecule has 0 aromatic heterocycles. The first kappa shape index (κ1) is 16.8. The van der Waals surface area contributed by atoms with Crippen LogP contribution in [0, 0.1) is 0 Å². The molecule has 0 radical (unpaired) electrons. The largest absolute Gasteiger partial charge is 0.497 e. The lowest BCUT2D eigenvalue weighted by Crippen LogP contribution is -2.45. The minimum absolute atomic E-state index is 0.120. The van der Waals surface area contributed by atoms with Crippen molar-refractivity contribution in [2.45, 2.75) is 23.8 Å². The molecule has 1 N–H and O–H groups in total. The number of benzene rings is 2. The van der Waals surface area contributed by atoms with Crippen LogP contribution >= 0.6 is 0 Å². The van der Waals surface area contributed by atoms with Gasteiger partial charge in [0.25, 0.3) is 0 Å². The summed E-state index contributed by atoms with van der Waals surface area (Å²) < 4.78 is 32.3. The van der Waals surface area contributed by atoms with E-state index in [9.17, 15) is 8.42 Å². The molecule has 1 fully saturated rings. The maximum absolute atomic E-state index is 12.8. The van der Waals surface area contributed by atoms with Crippen LogP contribution in [-0.2, 0) is 10.0 Å². The van der Waals surface area contributed by atoms with Gasteiger partial charge in [-0.15, -0.1) is 0 Å². The van der Waals surface area contributed by atoms with Crippen LogP contribution in [-0.4, -0.2) is 39.0 Å². The standard InChI is InChI=1S/C18H22N2O3S/c1-23-17-9-11-18(12-10-17)24(21,22)20-13-5-8-16(14-20)19-15-6-3-2-4-7-15/h2-4,6-7,9-12,16,19H,5,8,13-14H2,1H3/t16-/m1/s1. The normalized spacial score (nSPS) is 19.0. The summed E-state index contributed by atoms with van der Waals surface area (Å²) in [6, 6.07) is 16.6. The highest BCUT2D eigenvalue weighted by Crippen LogP contribution is 2.24. The summed E-state index contributed by atoms with van der Waals surface area (Å²) in [6.07, 6.45) is 1.81. The van der Waals surface area contributed by atoms with Gasteiger partial charge >= 0.3 is 0 Å². The number of piperidine rings is 1. The Morgan fingerprint density at radius 1 is 1.08 bits per heavy atom. The van der Waals surface area contributed by atoms with E-state index in [0.29, 0.717) is 23.7 Å². The fourth-order valence-corrected chi connectivity index (χ4v) is 4.47. The smallest absolute Gasteiger partial charge is 0.243 e. The van der Waals surface area contributed by atoms with Gasteiger partial charge in [0.2, 0.25) is 10.0 Å². The number of nitrogens with one attached hydrogen (secondary N) is 1. The summed E-state index contributed by atoms with van der Waals surface area (Å²) in [4.78, 5) is 0.309. The van der Waals surface area contributed by atoms with E-state index in [1.807, 2.05) is 30.3 Å². The van der Waals surface area contributed by atoms with E-state index in [-0.39, 0.29) is 6.04 Å². The fourth-order valence-electron chi connectivity index (χ4n) is 2.95. The van der Waals surface area contributed by atoms with Gasteiger partial charge in [0.05, 0.1) is 12.0 Å². The summed E-state index contributed by atoms with van der Waals surface area (Å²) in [6.45, 7) is 1.03. The molecule has 128 valence electrons. The molecule has 24 heavy (non-hydrogen) atoms. The number of sulfonamides is 1. The van der Waals surface area contributed by atoms with Crippen molar-refractivity contribution in [1.29, 1.82) is 0 Å². The zero-order valence-corrected chi connectivity index (χ0v) is 14.5. The first-order chi connectivity index (χ1) is 11.6. The molecule has 0 aliphatic carbocycles. The number of rotatable bonds is 5. The molecule has 0 unspecified atom stereocenters. The Balaban J connectivity index is 1.73. The number of hydrogen-bond acceptors (Lipinski definition) is 4. The van der Waals surface area contributed by atoms with Gasteiger partial charge in [-0.2, -0.15) is 4.31 Å². The van der Waals surface area contributed by atoms with E-state index in [1.54, 1.807) is 35.7 Å². The van der Waals surface area contributed by atoms with E-state index in [1.165, 1.54) is 0 Å². The minimum atomic E-state index is -3.47. The molecule has 1 aliphatic rings. The van der Waals surface area contributed by atoms with Crippen LogP contribution < -0.4 is 10.1 Å². The number of methoxy groups -OCH3 is 1. The van der Waals surface area contributed by atoms with E-state index in [0.717, 1.165) is 18.5 Å². The second-order valence-electron chi connectivity index (χ2n) is 5.89. The van der Waals surface area contributed by atoms with E-state index < -0.39 is 10.0 Å². The van der Waals surface area contributed by atoms with Crippen LogP contribution in [0.1, 0.15) is 12.8 Å². The molecule has 1 aliphatic heterocycles. The molecular formula is C18H22N2O3S. The maximum Gasteiger partial charge on any atom is 0.243 e. The average Bonchev–Trinajstić information content (AvgIpc) is 2.63. The second kappa shape index (κ2) is 7.23. The first-order valence-corrected chi connectivity index (χ1v) is 9.49. The molecule has 3 rings (SSSR count). The zero-order chi connectivity index (χ0) is 17.0. The van der Waals surface area contributed by atoms with Crippen molar-refractivity contribution < 1.29 is 13.2 Å². The Morgan fingerprint density at radius 2 is 1.79 bits per heavy atom. The molecule has 5 nitrogen and oxygen atoms in total. The third-order valence-corrected chi connectivity index (χ3v) is 6.11. The van der Waals surface area contributed by atoms with Gasteiger partial charge < -0.3 is 10.1 Å². The van der Waals surface area contributed by atoms with Gasteiger partial charge in [0, 0.05) is 24.8 Å². The van der Waals surface area contributed by atoms with Gasteiger partial charge in [0.1, 0.15) is 5.75 Å².